The number of benzene rings is 3. The van der Waals surface area contributed by atoms with Gasteiger partial charge in [0, 0.05) is 30.6 Å². The van der Waals surface area contributed by atoms with Crippen LogP contribution in [0.25, 0.3) is 27.5 Å². The number of carbonyl (C=O) groups is 1. The van der Waals surface area contributed by atoms with Crippen molar-refractivity contribution in [3.8, 4) is 5.75 Å². The lowest BCUT2D eigenvalue weighted by molar-refractivity contribution is -0.148. The molecule has 0 atom stereocenters. The molecule has 5 aromatic rings. The fraction of sp³-hybridized carbons (Fsp3) is 0.270. The molecule has 6 rings (SSSR count). The van der Waals surface area contributed by atoms with Gasteiger partial charge < -0.3 is 19.1 Å². The molecule has 0 bridgehead atoms. The van der Waals surface area contributed by atoms with Crippen LogP contribution in [-0.4, -0.2) is 45.5 Å². The lowest BCUT2D eigenvalue weighted by atomic mass is 9.82. The summed E-state index contributed by atoms with van der Waals surface area (Å²) in [5.41, 5.74) is 5.72. The topological polar surface area (TPSA) is 111 Å². The predicted octanol–water partition coefficient (Wildman–Crippen LogP) is 7.46. The number of hydrogen-bond acceptors (Lipinski definition) is 6. The van der Waals surface area contributed by atoms with Crippen molar-refractivity contribution in [1.82, 2.24) is 14.5 Å². The van der Waals surface area contributed by atoms with Crippen molar-refractivity contribution in [2.45, 2.75) is 52.2 Å². The fourth-order valence-corrected chi connectivity index (χ4v) is 6.17. The van der Waals surface area contributed by atoms with Gasteiger partial charge in [0.1, 0.15) is 18.2 Å². The second-order valence-electron chi connectivity index (χ2n) is 11.8. The van der Waals surface area contributed by atoms with Gasteiger partial charge in [0.25, 0.3) is 0 Å². The number of aliphatic imine (C=N–C) groups is 2. The number of pyridine rings is 1. The number of carboxylic acid groups (broad SMARTS) is 1. The summed E-state index contributed by atoms with van der Waals surface area (Å²) in [6.45, 7) is 6.31. The van der Waals surface area contributed by atoms with Crippen LogP contribution in [0.2, 0.25) is 0 Å². The summed E-state index contributed by atoms with van der Waals surface area (Å²) in [6, 6.07) is 26.4. The standard InChI is InChI=1S/C37H37N5O4/c1-25(22-39-36(38-2)45-3)27-12-10-26(11-13-27)23-42-33-17-16-30(46-24-29-15-14-28-8-4-5-9-31(28)40-29)20-32(33)41-34(42)21-37(35(43)44)18-6-7-19-37/h4-5,8-17,20,22H,2,6-7,18-19,21,23-24H2,1,3H3,(H,43,44)/b25-22+,39-36?. The van der Waals surface area contributed by atoms with Gasteiger partial charge in [0.15, 0.2) is 0 Å². The molecule has 9 heteroatoms. The number of imidazole rings is 1. The van der Waals surface area contributed by atoms with Gasteiger partial charge in [-0.05, 0) is 67.4 Å². The fourth-order valence-electron chi connectivity index (χ4n) is 6.17. The quantitative estimate of drug-likeness (QED) is 0.129. The van der Waals surface area contributed by atoms with Crippen LogP contribution in [0.15, 0.2) is 95.0 Å². The number of allylic oxidation sites excluding steroid dienone is 1. The minimum absolute atomic E-state index is 0.204. The summed E-state index contributed by atoms with van der Waals surface area (Å²) < 4.78 is 13.4. The van der Waals surface area contributed by atoms with Crippen LogP contribution >= 0.6 is 0 Å². The summed E-state index contributed by atoms with van der Waals surface area (Å²) in [5, 5.41) is 11.4. The zero-order chi connectivity index (χ0) is 32.1. The van der Waals surface area contributed by atoms with Gasteiger partial charge in [-0.1, -0.05) is 61.4 Å². The molecule has 2 aromatic heterocycles. The van der Waals surface area contributed by atoms with E-state index in [9.17, 15) is 9.90 Å². The number of carboxylic acids is 1. The molecule has 1 saturated carbocycles. The monoisotopic (exact) mass is 615 g/mol. The minimum Gasteiger partial charge on any atom is -0.487 e. The number of aromatic nitrogens is 3. The van der Waals surface area contributed by atoms with E-state index < -0.39 is 11.4 Å². The Morgan fingerprint density at radius 3 is 2.54 bits per heavy atom. The molecule has 0 radical (unpaired) electrons. The Hall–Kier alpha value is -5.31. The summed E-state index contributed by atoms with van der Waals surface area (Å²) in [7, 11) is 1.50. The number of nitrogens with zero attached hydrogens (tertiary/aromatic N) is 5. The molecule has 0 spiro atoms. The van der Waals surface area contributed by atoms with E-state index in [2.05, 4.69) is 39.5 Å². The molecule has 0 aliphatic heterocycles. The molecular formula is C37H37N5O4. The van der Waals surface area contributed by atoms with Crippen molar-refractivity contribution in [2.24, 2.45) is 15.4 Å². The molecular weight excluding hydrogens is 578 g/mol. The molecule has 3 aromatic carbocycles. The van der Waals surface area contributed by atoms with Crippen LogP contribution in [0, 0.1) is 5.41 Å². The predicted molar refractivity (Wildman–Crippen MR) is 181 cm³/mol. The van der Waals surface area contributed by atoms with E-state index in [0.29, 0.717) is 38.2 Å². The first kappa shape index (κ1) is 30.7. The van der Waals surface area contributed by atoms with Crippen LogP contribution in [0.1, 0.15) is 55.3 Å². The van der Waals surface area contributed by atoms with Gasteiger partial charge in [-0.2, -0.15) is 0 Å². The Bertz CT molecular complexity index is 1950. The molecule has 46 heavy (non-hydrogen) atoms. The first-order valence-electron chi connectivity index (χ1n) is 15.4. The maximum absolute atomic E-state index is 12.5. The second kappa shape index (κ2) is 13.4. The van der Waals surface area contributed by atoms with E-state index in [4.69, 9.17) is 19.4 Å². The third-order valence-corrected chi connectivity index (χ3v) is 8.79. The molecule has 0 amide bonds. The molecule has 1 N–H and O–H groups in total. The number of fused-ring (bicyclic) bond motifs is 2. The van der Waals surface area contributed by atoms with Crippen LogP contribution in [0.3, 0.4) is 0 Å². The van der Waals surface area contributed by atoms with Gasteiger partial charge in [0.05, 0.1) is 34.8 Å². The van der Waals surface area contributed by atoms with E-state index in [1.165, 1.54) is 7.11 Å². The van der Waals surface area contributed by atoms with Crippen LogP contribution in [0.5, 0.6) is 5.75 Å². The number of aliphatic carboxylic acids is 1. The van der Waals surface area contributed by atoms with Crippen LogP contribution < -0.4 is 4.74 Å². The number of ether oxygens (including phenoxy) is 2. The second-order valence-corrected chi connectivity index (χ2v) is 11.8. The van der Waals surface area contributed by atoms with Crippen LogP contribution in [0.4, 0.5) is 0 Å². The average molecular weight is 616 g/mol. The Balaban J connectivity index is 1.28. The molecule has 1 fully saturated rings. The van der Waals surface area contributed by atoms with Crippen molar-refractivity contribution in [1.29, 1.82) is 0 Å². The highest BCUT2D eigenvalue weighted by Crippen LogP contribution is 2.42. The largest absolute Gasteiger partial charge is 0.487 e. The first-order valence-corrected chi connectivity index (χ1v) is 15.4. The van der Waals surface area contributed by atoms with E-state index >= 15 is 0 Å². The summed E-state index contributed by atoms with van der Waals surface area (Å²) in [5.74, 6) is 0.712. The molecule has 1 aliphatic carbocycles. The van der Waals surface area contributed by atoms with Gasteiger partial charge in [0.2, 0.25) is 0 Å². The van der Waals surface area contributed by atoms with E-state index in [-0.39, 0.29) is 6.02 Å². The normalized spacial score (nSPS) is 14.9. The SMILES string of the molecule is C=NC(=N/C=C(\C)c1ccc(Cn2c(CC3(C(=O)O)CCCC3)nc3cc(OCc4ccc5ccccc5n4)ccc32)cc1)OC. The zero-order valence-corrected chi connectivity index (χ0v) is 26.1. The van der Waals surface area contributed by atoms with Crippen LogP contribution in [-0.2, 0) is 29.1 Å². The Labute approximate surface area is 268 Å². The lowest BCUT2D eigenvalue weighted by Gasteiger charge is -2.24. The lowest BCUT2D eigenvalue weighted by Crippen LogP contribution is -2.31. The van der Waals surface area contributed by atoms with Crippen molar-refractivity contribution >= 4 is 46.2 Å². The first-order chi connectivity index (χ1) is 22.4. The highest BCUT2D eigenvalue weighted by atomic mass is 16.5. The van der Waals surface area contributed by atoms with Gasteiger partial charge in [-0.15, -0.1) is 0 Å². The highest BCUT2D eigenvalue weighted by molar-refractivity contribution is 5.81. The highest BCUT2D eigenvalue weighted by Gasteiger charge is 2.42. The maximum Gasteiger partial charge on any atom is 0.315 e. The summed E-state index contributed by atoms with van der Waals surface area (Å²) in [6.07, 6.45) is 5.24. The minimum atomic E-state index is -0.798. The summed E-state index contributed by atoms with van der Waals surface area (Å²) in [4.78, 5) is 30.2. The number of amidine groups is 1. The van der Waals surface area contributed by atoms with Gasteiger partial charge >= 0.3 is 12.0 Å². The number of methoxy groups -OCH3 is 1. The number of hydrogen-bond donors (Lipinski definition) is 1. The van der Waals surface area contributed by atoms with Crippen molar-refractivity contribution in [3.63, 3.8) is 0 Å². The number of para-hydroxylation sites is 1. The number of rotatable bonds is 10. The zero-order valence-electron chi connectivity index (χ0n) is 26.1. The summed E-state index contributed by atoms with van der Waals surface area (Å²) >= 11 is 0. The van der Waals surface area contributed by atoms with Gasteiger partial charge in [-0.3, -0.25) is 4.79 Å². The molecule has 1 aliphatic rings. The third kappa shape index (κ3) is 6.54. The third-order valence-electron chi connectivity index (χ3n) is 8.79. The average Bonchev–Trinajstić information content (AvgIpc) is 3.69. The molecule has 234 valence electrons. The van der Waals surface area contributed by atoms with Crippen molar-refractivity contribution < 1.29 is 19.4 Å². The van der Waals surface area contributed by atoms with E-state index in [1.807, 2.05) is 67.6 Å². The van der Waals surface area contributed by atoms with E-state index in [0.717, 1.165) is 63.0 Å². The molecule has 9 nitrogen and oxygen atoms in total. The molecule has 0 unspecified atom stereocenters. The molecule has 2 heterocycles. The van der Waals surface area contributed by atoms with E-state index in [1.54, 1.807) is 6.20 Å². The Morgan fingerprint density at radius 1 is 1.02 bits per heavy atom. The van der Waals surface area contributed by atoms with Crippen molar-refractivity contribution in [2.75, 3.05) is 7.11 Å². The molecule has 0 saturated heterocycles. The Kier molecular flexibility index (Phi) is 8.92. The Morgan fingerprint density at radius 2 is 1.80 bits per heavy atom. The van der Waals surface area contributed by atoms with Gasteiger partial charge in [-0.25, -0.2) is 20.0 Å². The smallest absolute Gasteiger partial charge is 0.315 e. The van der Waals surface area contributed by atoms with Crippen molar-refractivity contribution in [3.05, 3.63) is 108 Å². The maximum atomic E-state index is 12.5.